The Labute approximate surface area is 119 Å². The molecule has 0 bridgehead atoms. The third-order valence-corrected chi connectivity index (χ3v) is 2.67. The van der Waals surface area contributed by atoms with Gasteiger partial charge in [0.25, 0.3) is 5.56 Å². The summed E-state index contributed by atoms with van der Waals surface area (Å²) < 4.78 is 36.9. The fraction of sp³-hybridized carbons (Fsp3) is 0.636. The molecule has 20 heavy (non-hydrogen) atoms. The van der Waals surface area contributed by atoms with Crippen LogP contribution >= 0.6 is 11.6 Å². The van der Waals surface area contributed by atoms with Gasteiger partial charge in [-0.2, -0.15) is 18.3 Å². The second-order valence-corrected chi connectivity index (χ2v) is 4.86. The average molecular weight is 313 g/mol. The Kier molecular flexibility index (Phi) is 5.82. The maximum atomic E-state index is 12.2. The van der Waals surface area contributed by atoms with Crippen molar-refractivity contribution in [2.24, 2.45) is 0 Å². The standard InChI is InChI=1S/C11H16ClF3N4O/c1-7(2)16-3-4-17-8-5-18-19(6-11(13,14)15)10(20)9(8)12/h5,7,16-17H,3-4,6H2,1-2H3. The highest BCUT2D eigenvalue weighted by Gasteiger charge is 2.29. The highest BCUT2D eigenvalue weighted by atomic mass is 35.5. The summed E-state index contributed by atoms with van der Waals surface area (Å²) in [5.74, 6) is 0. The fourth-order valence-corrected chi connectivity index (χ4v) is 1.64. The number of anilines is 1. The molecule has 0 radical (unpaired) electrons. The van der Waals surface area contributed by atoms with Crippen LogP contribution < -0.4 is 16.2 Å². The van der Waals surface area contributed by atoms with Crippen LogP contribution in [0.2, 0.25) is 5.02 Å². The summed E-state index contributed by atoms with van der Waals surface area (Å²) in [5, 5.41) is 9.14. The van der Waals surface area contributed by atoms with Crippen molar-refractivity contribution in [3.63, 3.8) is 0 Å². The second-order valence-electron chi connectivity index (χ2n) is 4.49. The summed E-state index contributed by atoms with van der Waals surface area (Å²) in [4.78, 5) is 11.6. The Morgan fingerprint density at radius 2 is 2.05 bits per heavy atom. The van der Waals surface area contributed by atoms with Crippen LogP contribution in [0.15, 0.2) is 11.0 Å². The Bertz CT molecular complexity index is 501. The van der Waals surface area contributed by atoms with Crippen LogP contribution in [-0.4, -0.2) is 35.1 Å². The van der Waals surface area contributed by atoms with Crippen molar-refractivity contribution in [2.45, 2.75) is 32.6 Å². The van der Waals surface area contributed by atoms with Crippen LogP contribution in [0.1, 0.15) is 13.8 Å². The van der Waals surface area contributed by atoms with Gasteiger partial charge in [0.15, 0.2) is 0 Å². The quantitative estimate of drug-likeness (QED) is 0.787. The summed E-state index contributed by atoms with van der Waals surface area (Å²) in [7, 11) is 0. The maximum absolute atomic E-state index is 12.2. The number of nitrogens with one attached hydrogen (secondary N) is 2. The molecule has 0 fully saturated rings. The Morgan fingerprint density at radius 1 is 1.40 bits per heavy atom. The largest absolute Gasteiger partial charge is 0.408 e. The highest BCUT2D eigenvalue weighted by Crippen LogP contribution is 2.18. The smallest absolute Gasteiger partial charge is 0.381 e. The summed E-state index contributed by atoms with van der Waals surface area (Å²) in [5.41, 5.74) is -0.744. The van der Waals surface area contributed by atoms with Gasteiger partial charge in [0, 0.05) is 19.1 Å². The summed E-state index contributed by atoms with van der Waals surface area (Å²) in [6.45, 7) is 3.60. The van der Waals surface area contributed by atoms with Crippen LogP contribution in [-0.2, 0) is 6.54 Å². The van der Waals surface area contributed by atoms with Crippen LogP contribution in [0.3, 0.4) is 0 Å². The van der Waals surface area contributed by atoms with E-state index in [-0.39, 0.29) is 10.7 Å². The van der Waals surface area contributed by atoms with Crippen LogP contribution in [0.5, 0.6) is 0 Å². The lowest BCUT2D eigenvalue weighted by atomic mass is 10.4. The molecule has 1 aromatic rings. The molecule has 9 heteroatoms. The Morgan fingerprint density at radius 3 is 2.60 bits per heavy atom. The molecule has 0 aliphatic heterocycles. The molecule has 1 heterocycles. The van der Waals surface area contributed by atoms with Crippen molar-refractivity contribution in [3.8, 4) is 0 Å². The lowest BCUT2D eigenvalue weighted by Gasteiger charge is -2.12. The van der Waals surface area contributed by atoms with Gasteiger partial charge in [-0.3, -0.25) is 4.79 Å². The van der Waals surface area contributed by atoms with Crippen molar-refractivity contribution >= 4 is 17.3 Å². The number of hydrogen-bond donors (Lipinski definition) is 2. The molecule has 2 N–H and O–H groups in total. The van der Waals surface area contributed by atoms with Gasteiger partial charge in [-0.1, -0.05) is 25.4 Å². The summed E-state index contributed by atoms with van der Waals surface area (Å²) >= 11 is 5.75. The number of rotatable bonds is 6. The molecular weight excluding hydrogens is 297 g/mol. The zero-order chi connectivity index (χ0) is 15.3. The van der Waals surface area contributed by atoms with Gasteiger partial charge < -0.3 is 10.6 Å². The molecule has 0 unspecified atom stereocenters. The zero-order valence-electron chi connectivity index (χ0n) is 11.1. The number of hydrogen-bond acceptors (Lipinski definition) is 4. The van der Waals surface area contributed by atoms with Crippen LogP contribution in [0, 0.1) is 0 Å². The fourth-order valence-electron chi connectivity index (χ4n) is 1.43. The zero-order valence-corrected chi connectivity index (χ0v) is 11.8. The van der Waals surface area contributed by atoms with E-state index in [1.807, 2.05) is 13.8 Å². The normalized spacial score (nSPS) is 11.9. The van der Waals surface area contributed by atoms with Crippen molar-refractivity contribution < 1.29 is 13.2 Å². The van der Waals surface area contributed by atoms with Gasteiger partial charge >= 0.3 is 6.18 Å². The van der Waals surface area contributed by atoms with Crippen LogP contribution in [0.4, 0.5) is 18.9 Å². The molecule has 0 atom stereocenters. The predicted octanol–water partition coefficient (Wildman–Crippen LogP) is 1.87. The molecule has 0 aliphatic rings. The molecule has 0 spiro atoms. The first-order valence-electron chi connectivity index (χ1n) is 6.00. The average Bonchev–Trinajstić information content (AvgIpc) is 2.31. The molecule has 0 saturated carbocycles. The Balaban J connectivity index is 2.72. The van der Waals surface area contributed by atoms with Gasteiger partial charge in [-0.15, -0.1) is 0 Å². The first kappa shape index (κ1) is 16.8. The molecular formula is C11H16ClF3N4O. The molecule has 5 nitrogen and oxygen atoms in total. The van der Waals surface area contributed by atoms with Crippen molar-refractivity contribution in [1.82, 2.24) is 15.1 Å². The molecule has 0 aromatic carbocycles. The van der Waals surface area contributed by atoms with Gasteiger partial charge in [0.1, 0.15) is 11.6 Å². The number of halogens is 4. The van der Waals surface area contributed by atoms with Crippen molar-refractivity contribution in [1.29, 1.82) is 0 Å². The summed E-state index contributed by atoms with van der Waals surface area (Å²) in [6.07, 6.45) is -3.40. The molecule has 0 aliphatic carbocycles. The highest BCUT2D eigenvalue weighted by molar-refractivity contribution is 6.32. The minimum Gasteiger partial charge on any atom is -0.381 e. The van der Waals surface area contributed by atoms with Crippen molar-refractivity contribution in [2.75, 3.05) is 18.4 Å². The van der Waals surface area contributed by atoms with E-state index in [4.69, 9.17) is 11.6 Å². The molecule has 0 saturated heterocycles. The van der Waals surface area contributed by atoms with Gasteiger partial charge in [-0.25, -0.2) is 4.68 Å². The first-order chi connectivity index (χ1) is 9.20. The third kappa shape index (κ3) is 5.38. The minimum absolute atomic E-state index is 0.223. The predicted molar refractivity (Wildman–Crippen MR) is 71.2 cm³/mol. The van der Waals surface area contributed by atoms with E-state index >= 15 is 0 Å². The molecule has 1 aromatic heterocycles. The van der Waals surface area contributed by atoms with Gasteiger partial charge in [0.05, 0.1) is 11.9 Å². The van der Waals surface area contributed by atoms with E-state index in [1.54, 1.807) is 0 Å². The summed E-state index contributed by atoms with van der Waals surface area (Å²) in [6, 6.07) is 0.310. The van der Waals surface area contributed by atoms with Crippen molar-refractivity contribution in [3.05, 3.63) is 21.6 Å². The molecule has 114 valence electrons. The minimum atomic E-state index is -4.52. The van der Waals surface area contributed by atoms with E-state index in [1.165, 1.54) is 0 Å². The van der Waals surface area contributed by atoms with E-state index in [0.717, 1.165) is 6.20 Å². The maximum Gasteiger partial charge on any atom is 0.408 e. The lowest BCUT2D eigenvalue weighted by molar-refractivity contribution is -0.143. The van der Waals surface area contributed by atoms with E-state index < -0.39 is 18.3 Å². The number of aromatic nitrogens is 2. The SMILES string of the molecule is CC(C)NCCNc1cnn(CC(F)(F)F)c(=O)c1Cl. The van der Waals surface area contributed by atoms with E-state index in [0.29, 0.717) is 23.8 Å². The lowest BCUT2D eigenvalue weighted by Crippen LogP contribution is -2.32. The van der Waals surface area contributed by atoms with E-state index in [9.17, 15) is 18.0 Å². The van der Waals surface area contributed by atoms with Gasteiger partial charge in [0.2, 0.25) is 0 Å². The van der Waals surface area contributed by atoms with Crippen LogP contribution in [0.25, 0.3) is 0 Å². The number of alkyl halides is 3. The third-order valence-electron chi connectivity index (χ3n) is 2.31. The topological polar surface area (TPSA) is 59.0 Å². The first-order valence-corrected chi connectivity index (χ1v) is 6.38. The second kappa shape index (κ2) is 6.94. The van der Waals surface area contributed by atoms with E-state index in [2.05, 4.69) is 15.7 Å². The Hall–Kier alpha value is -1.28. The number of nitrogens with zero attached hydrogens (tertiary/aromatic N) is 2. The molecule has 1 rings (SSSR count). The molecule has 0 amide bonds. The van der Waals surface area contributed by atoms with Gasteiger partial charge in [-0.05, 0) is 0 Å². The monoisotopic (exact) mass is 312 g/mol.